The largest absolute Gasteiger partial charge is 0.492 e. The summed E-state index contributed by atoms with van der Waals surface area (Å²) in [6, 6.07) is 7.39. The van der Waals surface area contributed by atoms with Gasteiger partial charge < -0.3 is 14.8 Å². The highest BCUT2D eigenvalue weighted by atomic mass is 16.6. The quantitative estimate of drug-likeness (QED) is 0.866. The van der Waals surface area contributed by atoms with E-state index in [1.165, 1.54) is 0 Å². The Morgan fingerprint density at radius 2 is 2.18 bits per heavy atom. The van der Waals surface area contributed by atoms with E-state index in [4.69, 9.17) is 9.47 Å². The number of nitrogens with one attached hydrogen (secondary N) is 1. The number of rotatable bonds is 4. The lowest BCUT2D eigenvalue weighted by atomic mass is 9.79. The van der Waals surface area contributed by atoms with Gasteiger partial charge in [0.05, 0.1) is 24.1 Å². The number of para-hydroxylation sites is 2. The van der Waals surface area contributed by atoms with E-state index in [2.05, 4.69) is 5.32 Å². The number of hydrogen-bond acceptors (Lipinski definition) is 4. The molecule has 3 aliphatic rings. The van der Waals surface area contributed by atoms with Gasteiger partial charge in [-0.15, -0.1) is 0 Å². The molecule has 1 aromatic carbocycles. The molecule has 5 nitrogen and oxygen atoms in total. The van der Waals surface area contributed by atoms with Gasteiger partial charge in [-0.25, -0.2) is 0 Å². The molecular formula is C17H19NO4. The molecule has 0 spiro atoms. The first-order valence-electron chi connectivity index (χ1n) is 7.92. The van der Waals surface area contributed by atoms with Gasteiger partial charge in [0.1, 0.15) is 11.9 Å². The van der Waals surface area contributed by atoms with Gasteiger partial charge in [-0.2, -0.15) is 0 Å². The van der Waals surface area contributed by atoms with Gasteiger partial charge >= 0.3 is 5.97 Å². The summed E-state index contributed by atoms with van der Waals surface area (Å²) in [6.45, 7) is 2.45. The monoisotopic (exact) mass is 301 g/mol. The minimum atomic E-state index is -0.258. The van der Waals surface area contributed by atoms with Gasteiger partial charge in [0.15, 0.2) is 0 Å². The van der Waals surface area contributed by atoms with E-state index >= 15 is 0 Å². The molecule has 5 heteroatoms. The van der Waals surface area contributed by atoms with Crippen molar-refractivity contribution in [3.8, 4) is 5.75 Å². The number of anilines is 1. The Labute approximate surface area is 129 Å². The Morgan fingerprint density at radius 1 is 1.36 bits per heavy atom. The first kappa shape index (κ1) is 13.6. The third-order valence-electron chi connectivity index (χ3n) is 5.23. The van der Waals surface area contributed by atoms with Crippen molar-refractivity contribution in [1.29, 1.82) is 0 Å². The van der Waals surface area contributed by atoms with E-state index < -0.39 is 0 Å². The van der Waals surface area contributed by atoms with Gasteiger partial charge in [-0.3, -0.25) is 9.59 Å². The number of hydrogen-bond donors (Lipinski definition) is 1. The van der Waals surface area contributed by atoms with E-state index in [9.17, 15) is 9.59 Å². The minimum absolute atomic E-state index is 0.0576. The molecule has 22 heavy (non-hydrogen) atoms. The van der Waals surface area contributed by atoms with Crippen molar-refractivity contribution in [2.24, 2.45) is 23.7 Å². The number of carbonyl (C=O) groups is 2. The average Bonchev–Trinajstić information content (AvgIpc) is 3.11. The first-order chi connectivity index (χ1) is 10.7. The highest BCUT2D eigenvalue weighted by Crippen LogP contribution is 2.57. The number of carbonyl (C=O) groups excluding carboxylic acids is 2. The molecule has 116 valence electrons. The molecule has 2 saturated carbocycles. The molecule has 1 heterocycles. The van der Waals surface area contributed by atoms with Crippen LogP contribution in [0.5, 0.6) is 5.75 Å². The van der Waals surface area contributed by atoms with Gasteiger partial charge in [0, 0.05) is 5.92 Å². The maximum Gasteiger partial charge on any atom is 0.310 e. The first-order valence-corrected chi connectivity index (χ1v) is 7.92. The molecule has 4 rings (SSSR count). The third-order valence-corrected chi connectivity index (χ3v) is 5.23. The summed E-state index contributed by atoms with van der Waals surface area (Å²) in [5, 5.41) is 2.95. The molecule has 2 aliphatic carbocycles. The molecule has 3 fully saturated rings. The second-order valence-corrected chi connectivity index (χ2v) is 6.34. The fourth-order valence-corrected chi connectivity index (χ4v) is 4.43. The zero-order valence-corrected chi connectivity index (χ0v) is 12.5. The van der Waals surface area contributed by atoms with Crippen molar-refractivity contribution in [1.82, 2.24) is 0 Å². The smallest absolute Gasteiger partial charge is 0.310 e. The fourth-order valence-electron chi connectivity index (χ4n) is 4.43. The number of fused-ring (bicyclic) bond motifs is 1. The highest BCUT2D eigenvalue weighted by Gasteiger charge is 2.63. The Hall–Kier alpha value is -2.04. The molecule has 1 N–H and O–H groups in total. The molecule has 5 atom stereocenters. The standard InChI is InChI=1S/C17H19NO4/c1-2-21-12-6-4-3-5-11(12)18-16(19)14-9-7-10-13(8-9)22-17(20)15(10)14/h3-6,9-10,13-15H,2,7-8H2,1H3,(H,18,19)/t9-,10+,13+,14-,15-/m1/s1. The van der Waals surface area contributed by atoms with Gasteiger partial charge in [-0.1, -0.05) is 12.1 Å². The van der Waals surface area contributed by atoms with Crippen LogP contribution in [0.3, 0.4) is 0 Å². The summed E-state index contributed by atoms with van der Waals surface area (Å²) in [7, 11) is 0. The second kappa shape index (κ2) is 5.00. The van der Waals surface area contributed by atoms with Crippen molar-refractivity contribution < 1.29 is 19.1 Å². The molecule has 0 radical (unpaired) electrons. The SMILES string of the molecule is CCOc1ccccc1NC(=O)[C@@H]1[C@@H]2C[C@@H]3[C@H]1C(=O)O[C@H]3C2. The summed E-state index contributed by atoms with van der Waals surface area (Å²) in [5.41, 5.74) is 0.667. The number of benzene rings is 1. The molecule has 2 bridgehead atoms. The summed E-state index contributed by atoms with van der Waals surface area (Å²) in [6.07, 6.45) is 1.83. The van der Waals surface area contributed by atoms with Gasteiger partial charge in [-0.05, 0) is 37.8 Å². The molecule has 1 aromatic rings. The summed E-state index contributed by atoms with van der Waals surface area (Å²) >= 11 is 0. The topological polar surface area (TPSA) is 64.6 Å². The molecule has 1 saturated heterocycles. The van der Waals surface area contributed by atoms with Crippen LogP contribution in [-0.2, 0) is 14.3 Å². The molecular weight excluding hydrogens is 282 g/mol. The van der Waals surface area contributed by atoms with Crippen molar-refractivity contribution in [3.63, 3.8) is 0 Å². The summed E-state index contributed by atoms with van der Waals surface area (Å²) in [4.78, 5) is 24.7. The summed E-state index contributed by atoms with van der Waals surface area (Å²) in [5.74, 6) is 0.401. The van der Waals surface area contributed by atoms with E-state index in [0.29, 0.717) is 18.0 Å². The number of esters is 1. The van der Waals surface area contributed by atoms with E-state index in [-0.39, 0.29) is 41.7 Å². The fraction of sp³-hybridized carbons (Fsp3) is 0.529. The number of ether oxygens (including phenoxy) is 2. The summed E-state index contributed by atoms with van der Waals surface area (Å²) < 4.78 is 10.9. The normalized spacial score (nSPS) is 34.6. The van der Waals surface area contributed by atoms with Gasteiger partial charge in [0.2, 0.25) is 5.91 Å². The zero-order valence-electron chi connectivity index (χ0n) is 12.5. The maximum atomic E-state index is 12.7. The van der Waals surface area contributed by atoms with Gasteiger partial charge in [0.25, 0.3) is 0 Å². The van der Waals surface area contributed by atoms with Crippen LogP contribution in [0.2, 0.25) is 0 Å². The Balaban J connectivity index is 1.55. The van der Waals surface area contributed by atoms with Crippen LogP contribution in [-0.4, -0.2) is 24.6 Å². The third kappa shape index (κ3) is 1.91. The Bertz CT molecular complexity index is 627. The van der Waals surface area contributed by atoms with Crippen LogP contribution < -0.4 is 10.1 Å². The highest BCUT2D eigenvalue weighted by molar-refractivity contribution is 5.97. The van der Waals surface area contributed by atoms with Crippen LogP contribution in [0.25, 0.3) is 0 Å². The molecule has 0 aromatic heterocycles. The van der Waals surface area contributed by atoms with Crippen molar-refractivity contribution in [2.75, 3.05) is 11.9 Å². The van der Waals surface area contributed by atoms with E-state index in [0.717, 1.165) is 12.8 Å². The molecule has 1 amide bonds. The Morgan fingerprint density at radius 3 is 3.00 bits per heavy atom. The minimum Gasteiger partial charge on any atom is -0.492 e. The zero-order chi connectivity index (χ0) is 15.3. The van der Waals surface area contributed by atoms with Crippen LogP contribution in [0, 0.1) is 23.7 Å². The lowest BCUT2D eigenvalue weighted by molar-refractivity contribution is -0.145. The van der Waals surface area contributed by atoms with Crippen LogP contribution in [0.1, 0.15) is 19.8 Å². The lowest BCUT2D eigenvalue weighted by Crippen LogP contribution is -2.35. The van der Waals surface area contributed by atoms with E-state index in [1.54, 1.807) is 0 Å². The number of amides is 1. The lowest BCUT2D eigenvalue weighted by Gasteiger charge is -2.24. The maximum absolute atomic E-state index is 12.7. The average molecular weight is 301 g/mol. The molecule has 1 aliphatic heterocycles. The van der Waals surface area contributed by atoms with Crippen molar-refractivity contribution in [3.05, 3.63) is 24.3 Å². The van der Waals surface area contributed by atoms with Crippen LogP contribution in [0.15, 0.2) is 24.3 Å². The van der Waals surface area contributed by atoms with Crippen molar-refractivity contribution >= 4 is 17.6 Å². The van der Waals surface area contributed by atoms with Crippen LogP contribution >= 0.6 is 0 Å². The Kier molecular flexibility index (Phi) is 3.10. The predicted molar refractivity (Wildman–Crippen MR) is 79.3 cm³/mol. The van der Waals surface area contributed by atoms with E-state index in [1.807, 2.05) is 31.2 Å². The molecule has 0 unspecified atom stereocenters. The van der Waals surface area contributed by atoms with Crippen molar-refractivity contribution in [2.45, 2.75) is 25.9 Å². The second-order valence-electron chi connectivity index (χ2n) is 6.34. The van der Waals surface area contributed by atoms with Crippen LogP contribution in [0.4, 0.5) is 5.69 Å². The predicted octanol–water partition coefficient (Wildman–Crippen LogP) is 2.22.